The van der Waals surface area contributed by atoms with Gasteiger partial charge in [-0.05, 0) is 49.4 Å². The SMILES string of the molecule is O=C(Nc1cccc2c1CN(CC1CCN(c3ccncc3)CC1)C2=O)C1=CCC(Cl)S1. The molecule has 6 nitrogen and oxygen atoms in total. The fraction of sp³-hybridized carbons (Fsp3) is 0.375. The number of rotatable bonds is 5. The van der Waals surface area contributed by atoms with Gasteiger partial charge in [-0.25, -0.2) is 0 Å². The second kappa shape index (κ2) is 9.16. The summed E-state index contributed by atoms with van der Waals surface area (Å²) in [4.78, 5) is 34.7. The highest BCUT2D eigenvalue weighted by Gasteiger charge is 2.32. The number of amides is 2. The monoisotopic (exact) mass is 468 g/mol. The maximum Gasteiger partial charge on any atom is 0.261 e. The van der Waals surface area contributed by atoms with E-state index in [-0.39, 0.29) is 16.5 Å². The summed E-state index contributed by atoms with van der Waals surface area (Å²) in [5.41, 5.74) is 3.53. The van der Waals surface area contributed by atoms with Gasteiger partial charge in [0.05, 0.1) is 9.61 Å². The van der Waals surface area contributed by atoms with E-state index in [4.69, 9.17) is 11.6 Å². The molecule has 1 unspecified atom stereocenters. The Balaban J connectivity index is 1.21. The van der Waals surface area contributed by atoms with Crippen molar-refractivity contribution in [1.29, 1.82) is 0 Å². The number of carbonyl (C=O) groups is 2. The summed E-state index contributed by atoms with van der Waals surface area (Å²) in [6.45, 7) is 3.26. The Hall–Kier alpha value is -2.51. The standard InChI is InChI=1S/C24H25ClN4O2S/c25-22-5-4-21(32-22)23(30)27-20-3-1-2-18-19(20)15-29(24(18)31)14-16-8-12-28(13-9-16)17-6-10-26-11-7-17/h1-4,6-7,10-11,16,22H,5,8-9,12-15H2,(H,27,30). The topological polar surface area (TPSA) is 65.5 Å². The van der Waals surface area contributed by atoms with Crippen molar-refractivity contribution in [1.82, 2.24) is 9.88 Å². The van der Waals surface area contributed by atoms with Crippen LogP contribution < -0.4 is 10.2 Å². The average Bonchev–Trinajstić information content (AvgIpc) is 3.39. The van der Waals surface area contributed by atoms with Crippen molar-refractivity contribution >= 4 is 46.6 Å². The number of thioether (sulfide) groups is 1. The smallest absolute Gasteiger partial charge is 0.261 e. The summed E-state index contributed by atoms with van der Waals surface area (Å²) in [6.07, 6.45) is 8.32. The molecule has 1 N–H and O–H groups in total. The van der Waals surface area contributed by atoms with E-state index in [0.717, 1.165) is 43.7 Å². The average molecular weight is 469 g/mol. The normalized spacial score (nSPS) is 21.0. The molecule has 0 bridgehead atoms. The first-order valence-corrected chi connectivity index (χ1v) is 12.3. The number of benzene rings is 1. The molecule has 2 amide bonds. The number of pyridine rings is 1. The van der Waals surface area contributed by atoms with Crippen LogP contribution in [-0.2, 0) is 11.3 Å². The molecule has 0 spiro atoms. The van der Waals surface area contributed by atoms with Gasteiger partial charge in [-0.2, -0.15) is 0 Å². The summed E-state index contributed by atoms with van der Waals surface area (Å²) in [5, 5.41) is 3.00. The zero-order valence-electron chi connectivity index (χ0n) is 17.7. The second-order valence-corrected chi connectivity index (χ2v) is 10.5. The molecule has 1 atom stereocenters. The van der Waals surface area contributed by atoms with E-state index in [1.54, 1.807) is 0 Å². The molecule has 8 heteroatoms. The van der Waals surface area contributed by atoms with Gasteiger partial charge in [0.25, 0.3) is 11.8 Å². The predicted octanol–water partition coefficient (Wildman–Crippen LogP) is 4.48. The maximum atomic E-state index is 13.1. The van der Waals surface area contributed by atoms with Crippen LogP contribution in [0.5, 0.6) is 0 Å². The van der Waals surface area contributed by atoms with Gasteiger partial charge in [0.1, 0.15) is 0 Å². The molecule has 2 aromatic rings. The quantitative estimate of drug-likeness (QED) is 0.655. The zero-order chi connectivity index (χ0) is 22.1. The van der Waals surface area contributed by atoms with Gasteiger partial charge in [-0.1, -0.05) is 12.1 Å². The molecule has 166 valence electrons. The molecular formula is C24H25ClN4O2S. The second-order valence-electron chi connectivity index (χ2n) is 8.44. The van der Waals surface area contributed by atoms with Gasteiger partial charge in [0.15, 0.2) is 0 Å². The molecule has 0 saturated carbocycles. The summed E-state index contributed by atoms with van der Waals surface area (Å²) in [7, 11) is 0. The number of anilines is 2. The number of hydrogen-bond acceptors (Lipinski definition) is 5. The van der Waals surface area contributed by atoms with Crippen LogP contribution in [0.2, 0.25) is 0 Å². The van der Waals surface area contributed by atoms with E-state index in [2.05, 4.69) is 15.2 Å². The number of allylic oxidation sites excluding steroid dienone is 1. The number of nitrogens with one attached hydrogen (secondary N) is 1. The van der Waals surface area contributed by atoms with E-state index in [1.165, 1.54) is 17.4 Å². The third-order valence-electron chi connectivity index (χ3n) is 6.38. The molecule has 32 heavy (non-hydrogen) atoms. The van der Waals surface area contributed by atoms with Crippen molar-refractivity contribution in [2.75, 3.05) is 29.9 Å². The maximum absolute atomic E-state index is 13.1. The van der Waals surface area contributed by atoms with Crippen LogP contribution in [0.4, 0.5) is 11.4 Å². The number of fused-ring (bicyclic) bond motifs is 1. The van der Waals surface area contributed by atoms with E-state index in [1.807, 2.05) is 53.7 Å². The van der Waals surface area contributed by atoms with Gasteiger partial charge in [-0.3, -0.25) is 14.6 Å². The Morgan fingerprint density at radius 1 is 1.19 bits per heavy atom. The minimum absolute atomic E-state index is 0.0583. The van der Waals surface area contributed by atoms with Crippen LogP contribution in [0.15, 0.2) is 53.7 Å². The van der Waals surface area contributed by atoms with E-state index >= 15 is 0 Å². The lowest BCUT2D eigenvalue weighted by Gasteiger charge is -2.35. The highest BCUT2D eigenvalue weighted by Crippen LogP contribution is 2.36. The number of carbonyl (C=O) groups excluding carboxylic acids is 2. The molecule has 5 rings (SSSR count). The molecule has 3 aliphatic heterocycles. The van der Waals surface area contributed by atoms with Crippen LogP contribution >= 0.6 is 23.4 Å². The molecule has 4 heterocycles. The lowest BCUT2D eigenvalue weighted by atomic mass is 9.96. The predicted molar refractivity (Wildman–Crippen MR) is 129 cm³/mol. The fourth-order valence-corrected chi connectivity index (χ4v) is 5.85. The van der Waals surface area contributed by atoms with Crippen LogP contribution in [0.25, 0.3) is 0 Å². The number of halogens is 1. The van der Waals surface area contributed by atoms with Crippen molar-refractivity contribution in [3.63, 3.8) is 0 Å². The highest BCUT2D eigenvalue weighted by atomic mass is 35.5. The minimum Gasteiger partial charge on any atom is -0.371 e. The molecule has 3 aliphatic rings. The first kappa shape index (κ1) is 21.3. The minimum atomic E-state index is -0.152. The summed E-state index contributed by atoms with van der Waals surface area (Å²) < 4.78 is -0.0840. The molecular weight excluding hydrogens is 444 g/mol. The Labute approximate surface area is 197 Å². The first-order chi connectivity index (χ1) is 15.6. The van der Waals surface area contributed by atoms with Gasteiger partial charge in [-0.15, -0.1) is 23.4 Å². The third kappa shape index (κ3) is 4.36. The Bertz CT molecular complexity index is 1050. The lowest BCUT2D eigenvalue weighted by molar-refractivity contribution is -0.112. The van der Waals surface area contributed by atoms with Crippen molar-refractivity contribution in [2.24, 2.45) is 5.92 Å². The molecule has 1 saturated heterocycles. The van der Waals surface area contributed by atoms with E-state index < -0.39 is 0 Å². The van der Waals surface area contributed by atoms with E-state index in [0.29, 0.717) is 29.4 Å². The number of nitrogens with zero attached hydrogens (tertiary/aromatic N) is 3. The van der Waals surface area contributed by atoms with Crippen LogP contribution in [0.3, 0.4) is 0 Å². The number of aromatic nitrogens is 1. The molecule has 0 aliphatic carbocycles. The Morgan fingerprint density at radius 2 is 1.97 bits per heavy atom. The van der Waals surface area contributed by atoms with Gasteiger partial charge < -0.3 is 15.1 Å². The molecule has 1 aromatic heterocycles. The first-order valence-electron chi connectivity index (χ1n) is 11.0. The zero-order valence-corrected chi connectivity index (χ0v) is 19.2. The molecule has 1 fully saturated rings. The van der Waals surface area contributed by atoms with Crippen LogP contribution in [-0.4, -0.2) is 46.0 Å². The van der Waals surface area contributed by atoms with Crippen molar-refractivity contribution in [3.8, 4) is 0 Å². The van der Waals surface area contributed by atoms with Gasteiger partial charge in [0, 0.05) is 61.1 Å². The van der Waals surface area contributed by atoms with Crippen molar-refractivity contribution in [3.05, 3.63) is 64.8 Å². The highest BCUT2D eigenvalue weighted by molar-refractivity contribution is 8.05. The van der Waals surface area contributed by atoms with Crippen molar-refractivity contribution in [2.45, 2.75) is 30.5 Å². The van der Waals surface area contributed by atoms with E-state index in [9.17, 15) is 9.59 Å². The van der Waals surface area contributed by atoms with Crippen LogP contribution in [0.1, 0.15) is 35.2 Å². The van der Waals surface area contributed by atoms with Crippen LogP contribution in [0, 0.1) is 5.92 Å². The van der Waals surface area contributed by atoms with Crippen molar-refractivity contribution < 1.29 is 9.59 Å². The fourth-order valence-electron chi connectivity index (χ4n) is 4.66. The Kier molecular flexibility index (Phi) is 6.11. The summed E-state index contributed by atoms with van der Waals surface area (Å²) in [5.74, 6) is 0.383. The third-order valence-corrected chi connectivity index (χ3v) is 7.88. The lowest BCUT2D eigenvalue weighted by Crippen LogP contribution is -2.39. The molecule has 1 aromatic carbocycles. The summed E-state index contributed by atoms with van der Waals surface area (Å²) in [6, 6.07) is 9.66. The number of hydrogen-bond donors (Lipinski definition) is 1. The molecule has 0 radical (unpaired) electrons. The largest absolute Gasteiger partial charge is 0.371 e. The van der Waals surface area contributed by atoms with Gasteiger partial charge >= 0.3 is 0 Å². The number of alkyl halides is 1. The Morgan fingerprint density at radius 3 is 2.69 bits per heavy atom. The summed E-state index contributed by atoms with van der Waals surface area (Å²) >= 11 is 7.47. The van der Waals surface area contributed by atoms with Gasteiger partial charge in [0.2, 0.25) is 0 Å². The number of piperidine rings is 1.